The summed E-state index contributed by atoms with van der Waals surface area (Å²) in [5, 5.41) is 9.37. The van der Waals surface area contributed by atoms with Crippen LogP contribution in [0.25, 0.3) is 0 Å². The number of nitrogens with zero attached hydrogens (tertiary/aromatic N) is 1. The predicted octanol–water partition coefficient (Wildman–Crippen LogP) is 2.78. The molecule has 0 fully saturated rings. The Morgan fingerprint density at radius 3 is 2.61 bits per heavy atom. The molecule has 0 spiro atoms. The van der Waals surface area contributed by atoms with E-state index in [0.29, 0.717) is 25.4 Å². The predicted molar refractivity (Wildman–Crippen MR) is 111 cm³/mol. The minimum absolute atomic E-state index is 0.186. The normalized spacial score (nSPS) is 11.2. The summed E-state index contributed by atoms with van der Waals surface area (Å²) in [5.74, 6) is 1.76. The van der Waals surface area contributed by atoms with Crippen LogP contribution in [0.2, 0.25) is 0 Å². The van der Waals surface area contributed by atoms with Gasteiger partial charge in [0.2, 0.25) is 0 Å². The monoisotopic (exact) mass is 386 g/mol. The Morgan fingerprint density at radius 2 is 1.93 bits per heavy atom. The SMILES string of the molecule is CCNC(=NCc1ccc(C)cc1OC)NCCCNC(=O)c1occc1C. The molecule has 3 N–H and O–H groups in total. The van der Waals surface area contributed by atoms with Gasteiger partial charge in [0.25, 0.3) is 5.91 Å². The largest absolute Gasteiger partial charge is 0.496 e. The number of aryl methyl sites for hydroxylation is 2. The van der Waals surface area contributed by atoms with Gasteiger partial charge in [-0.1, -0.05) is 12.1 Å². The maximum Gasteiger partial charge on any atom is 0.287 e. The van der Waals surface area contributed by atoms with Crippen molar-refractivity contribution in [2.45, 2.75) is 33.7 Å². The summed E-state index contributed by atoms with van der Waals surface area (Å²) in [7, 11) is 1.67. The summed E-state index contributed by atoms with van der Waals surface area (Å²) in [5.41, 5.74) is 3.02. The van der Waals surface area contributed by atoms with Crippen molar-refractivity contribution in [1.29, 1.82) is 0 Å². The topological polar surface area (TPSA) is 87.9 Å². The van der Waals surface area contributed by atoms with E-state index < -0.39 is 0 Å². The van der Waals surface area contributed by atoms with Gasteiger partial charge in [-0.05, 0) is 44.9 Å². The number of hydrogen-bond acceptors (Lipinski definition) is 4. The zero-order chi connectivity index (χ0) is 20.4. The van der Waals surface area contributed by atoms with Gasteiger partial charge in [0.05, 0.1) is 19.9 Å². The molecule has 1 aromatic carbocycles. The Morgan fingerprint density at radius 1 is 1.14 bits per heavy atom. The Bertz CT molecular complexity index is 799. The maximum absolute atomic E-state index is 12.0. The van der Waals surface area contributed by atoms with Crippen LogP contribution >= 0.6 is 0 Å². The molecule has 1 amide bonds. The number of hydrogen-bond donors (Lipinski definition) is 3. The number of carbonyl (C=O) groups is 1. The molecule has 1 heterocycles. The Hall–Kier alpha value is -2.96. The van der Waals surface area contributed by atoms with Crippen LogP contribution in [-0.4, -0.2) is 38.6 Å². The standard InChI is InChI=1S/C21H30N4O3/c1-5-22-21(25-14-17-8-7-15(2)13-18(17)27-4)24-11-6-10-23-20(26)19-16(3)9-12-28-19/h7-9,12-13H,5-6,10-11,14H2,1-4H3,(H,23,26)(H2,22,24,25). The molecule has 7 nitrogen and oxygen atoms in total. The van der Waals surface area contributed by atoms with Crippen LogP contribution in [0.3, 0.4) is 0 Å². The first-order chi connectivity index (χ1) is 13.5. The number of benzene rings is 1. The van der Waals surface area contributed by atoms with Crippen molar-refractivity contribution in [2.24, 2.45) is 4.99 Å². The highest BCUT2D eigenvalue weighted by Gasteiger charge is 2.11. The van der Waals surface area contributed by atoms with E-state index in [4.69, 9.17) is 9.15 Å². The second kappa shape index (κ2) is 11.0. The highest BCUT2D eigenvalue weighted by Crippen LogP contribution is 2.20. The molecule has 0 saturated heterocycles. The first-order valence-electron chi connectivity index (χ1n) is 9.53. The van der Waals surface area contributed by atoms with Crippen LogP contribution in [0.15, 0.2) is 39.9 Å². The molecule has 0 unspecified atom stereocenters. The van der Waals surface area contributed by atoms with Gasteiger partial charge >= 0.3 is 0 Å². The highest BCUT2D eigenvalue weighted by atomic mass is 16.5. The van der Waals surface area contributed by atoms with Crippen LogP contribution in [0, 0.1) is 13.8 Å². The van der Waals surface area contributed by atoms with Crippen LogP contribution in [-0.2, 0) is 6.54 Å². The molecule has 2 aromatic rings. The second-order valence-electron chi connectivity index (χ2n) is 6.48. The number of guanidine groups is 1. The second-order valence-corrected chi connectivity index (χ2v) is 6.48. The van der Waals surface area contributed by atoms with E-state index in [0.717, 1.165) is 41.4 Å². The zero-order valence-electron chi connectivity index (χ0n) is 17.1. The molecule has 0 aliphatic rings. The number of rotatable bonds is 9. The Kier molecular flexibility index (Phi) is 8.39. The quantitative estimate of drug-likeness (QED) is 0.350. The molecule has 152 valence electrons. The van der Waals surface area contributed by atoms with Crippen molar-refractivity contribution in [3.8, 4) is 5.75 Å². The van der Waals surface area contributed by atoms with Gasteiger partial charge in [-0.25, -0.2) is 4.99 Å². The molecule has 1 aromatic heterocycles. The summed E-state index contributed by atoms with van der Waals surface area (Å²) in [6, 6.07) is 7.87. The maximum atomic E-state index is 12.0. The zero-order valence-corrected chi connectivity index (χ0v) is 17.1. The van der Waals surface area contributed by atoms with Gasteiger partial charge in [-0.2, -0.15) is 0 Å². The van der Waals surface area contributed by atoms with Gasteiger partial charge < -0.3 is 25.1 Å². The molecule has 0 aliphatic carbocycles. The van der Waals surface area contributed by atoms with E-state index in [1.54, 1.807) is 13.2 Å². The lowest BCUT2D eigenvalue weighted by molar-refractivity contribution is 0.0925. The summed E-state index contributed by atoms with van der Waals surface area (Å²) in [4.78, 5) is 16.6. The summed E-state index contributed by atoms with van der Waals surface area (Å²) < 4.78 is 10.6. The van der Waals surface area contributed by atoms with E-state index in [9.17, 15) is 4.79 Å². The number of nitrogens with one attached hydrogen (secondary N) is 3. The van der Waals surface area contributed by atoms with E-state index in [-0.39, 0.29) is 5.91 Å². The molecule has 28 heavy (non-hydrogen) atoms. The summed E-state index contributed by atoms with van der Waals surface area (Å²) >= 11 is 0. The third kappa shape index (κ3) is 6.33. The molecule has 0 aliphatic heterocycles. The van der Waals surface area contributed by atoms with Crippen molar-refractivity contribution >= 4 is 11.9 Å². The molecule has 0 atom stereocenters. The van der Waals surface area contributed by atoms with E-state index in [2.05, 4.69) is 27.0 Å². The average molecular weight is 386 g/mol. The van der Waals surface area contributed by atoms with Crippen molar-refractivity contribution < 1.29 is 13.9 Å². The van der Waals surface area contributed by atoms with E-state index >= 15 is 0 Å². The van der Waals surface area contributed by atoms with Crippen molar-refractivity contribution in [3.63, 3.8) is 0 Å². The fourth-order valence-corrected chi connectivity index (χ4v) is 2.67. The number of ether oxygens (including phenoxy) is 1. The fraction of sp³-hybridized carbons (Fsp3) is 0.429. The Balaban J connectivity index is 1.80. The van der Waals surface area contributed by atoms with Gasteiger partial charge in [-0.15, -0.1) is 0 Å². The van der Waals surface area contributed by atoms with Gasteiger partial charge in [0, 0.05) is 30.8 Å². The summed E-state index contributed by atoms with van der Waals surface area (Å²) in [6.07, 6.45) is 2.29. The molecule has 0 saturated carbocycles. The number of furan rings is 1. The molecular weight excluding hydrogens is 356 g/mol. The lowest BCUT2D eigenvalue weighted by atomic mass is 10.1. The number of methoxy groups -OCH3 is 1. The van der Waals surface area contributed by atoms with Crippen molar-refractivity contribution in [2.75, 3.05) is 26.7 Å². The van der Waals surface area contributed by atoms with Gasteiger partial charge in [0.1, 0.15) is 5.75 Å². The minimum Gasteiger partial charge on any atom is -0.496 e. The average Bonchev–Trinajstić information content (AvgIpc) is 3.12. The molecule has 2 rings (SSSR count). The van der Waals surface area contributed by atoms with Crippen LogP contribution in [0.1, 0.15) is 40.6 Å². The number of carbonyl (C=O) groups excluding carboxylic acids is 1. The van der Waals surface area contributed by atoms with E-state index in [1.807, 2.05) is 32.9 Å². The van der Waals surface area contributed by atoms with Gasteiger partial charge in [0.15, 0.2) is 11.7 Å². The third-order valence-corrected chi connectivity index (χ3v) is 4.19. The lowest BCUT2D eigenvalue weighted by Crippen LogP contribution is -2.38. The Labute approximate surface area is 166 Å². The van der Waals surface area contributed by atoms with Crippen molar-refractivity contribution in [1.82, 2.24) is 16.0 Å². The third-order valence-electron chi connectivity index (χ3n) is 4.19. The van der Waals surface area contributed by atoms with E-state index in [1.165, 1.54) is 6.26 Å². The number of amides is 1. The first kappa shape index (κ1) is 21.3. The molecule has 7 heteroatoms. The number of aliphatic imine (C=N–C) groups is 1. The smallest absolute Gasteiger partial charge is 0.287 e. The molecule has 0 radical (unpaired) electrons. The van der Waals surface area contributed by atoms with Crippen LogP contribution < -0.4 is 20.7 Å². The lowest BCUT2D eigenvalue weighted by Gasteiger charge is -2.12. The highest BCUT2D eigenvalue weighted by molar-refractivity contribution is 5.92. The minimum atomic E-state index is -0.186. The molecular formula is C21H30N4O3. The van der Waals surface area contributed by atoms with Crippen LogP contribution in [0.5, 0.6) is 5.75 Å². The van der Waals surface area contributed by atoms with Crippen LogP contribution in [0.4, 0.5) is 0 Å². The van der Waals surface area contributed by atoms with Crippen molar-refractivity contribution in [3.05, 3.63) is 53.0 Å². The van der Waals surface area contributed by atoms with Gasteiger partial charge in [-0.3, -0.25) is 4.79 Å². The fourth-order valence-electron chi connectivity index (χ4n) is 2.67. The first-order valence-corrected chi connectivity index (χ1v) is 9.53. The molecule has 0 bridgehead atoms. The summed E-state index contributed by atoms with van der Waals surface area (Å²) in [6.45, 7) is 8.44.